The second-order valence-corrected chi connectivity index (χ2v) is 7.03. The molecule has 1 fully saturated rings. The molecule has 0 aromatic heterocycles. The molecular formula is C13H18FN3O3S. The molecular weight excluding hydrogens is 297 g/mol. The van der Waals surface area contributed by atoms with Gasteiger partial charge >= 0.3 is 0 Å². The number of hydrogen-bond donors (Lipinski definition) is 2. The first-order chi connectivity index (χ1) is 9.74. The summed E-state index contributed by atoms with van der Waals surface area (Å²) >= 11 is 0. The van der Waals surface area contributed by atoms with Gasteiger partial charge in [-0.05, 0) is 31.0 Å². The third kappa shape index (κ3) is 4.40. The second-order valence-electron chi connectivity index (χ2n) is 5.25. The van der Waals surface area contributed by atoms with E-state index in [1.54, 1.807) is 0 Å². The van der Waals surface area contributed by atoms with E-state index in [0.717, 1.165) is 18.4 Å². The average Bonchev–Trinajstić information content (AvgIpc) is 2.35. The fourth-order valence-corrected chi connectivity index (χ4v) is 3.28. The number of nitrogens with two attached hydrogens (primary N) is 1. The van der Waals surface area contributed by atoms with Crippen LogP contribution >= 0.6 is 0 Å². The number of likely N-dealkylation sites (tertiary alicyclic amines) is 1. The molecule has 0 spiro atoms. The third-order valence-corrected chi connectivity index (χ3v) is 4.02. The molecule has 0 bridgehead atoms. The maximum atomic E-state index is 13.3. The zero-order valence-corrected chi connectivity index (χ0v) is 12.5. The normalized spacial score (nSPS) is 19.5. The van der Waals surface area contributed by atoms with E-state index >= 15 is 0 Å². The summed E-state index contributed by atoms with van der Waals surface area (Å²) in [6, 6.07) is 3.37. The molecule has 1 aromatic carbocycles. The van der Waals surface area contributed by atoms with Crippen molar-refractivity contribution >= 4 is 21.6 Å². The van der Waals surface area contributed by atoms with Crippen molar-refractivity contribution in [3.8, 4) is 0 Å². The van der Waals surface area contributed by atoms with E-state index in [9.17, 15) is 17.6 Å². The number of nitrogen functional groups attached to an aromatic ring is 1. The van der Waals surface area contributed by atoms with E-state index in [2.05, 4.69) is 4.72 Å². The molecule has 1 aliphatic heterocycles. The van der Waals surface area contributed by atoms with Crippen LogP contribution in [0.4, 0.5) is 10.1 Å². The van der Waals surface area contributed by atoms with Crippen LogP contribution in [0.1, 0.15) is 23.2 Å². The van der Waals surface area contributed by atoms with Gasteiger partial charge in [0.1, 0.15) is 5.82 Å². The van der Waals surface area contributed by atoms with Crippen LogP contribution in [0.3, 0.4) is 0 Å². The Labute approximate surface area is 123 Å². The van der Waals surface area contributed by atoms with Gasteiger partial charge in [-0.1, -0.05) is 0 Å². The number of piperidine rings is 1. The van der Waals surface area contributed by atoms with Gasteiger partial charge in [0, 0.05) is 30.4 Å². The van der Waals surface area contributed by atoms with Crippen molar-refractivity contribution in [3.05, 3.63) is 29.6 Å². The lowest BCUT2D eigenvalue weighted by atomic mass is 10.0. The highest BCUT2D eigenvalue weighted by molar-refractivity contribution is 7.88. The first-order valence-corrected chi connectivity index (χ1v) is 8.46. The lowest BCUT2D eigenvalue weighted by Gasteiger charge is -2.32. The van der Waals surface area contributed by atoms with E-state index in [1.165, 1.54) is 11.0 Å². The summed E-state index contributed by atoms with van der Waals surface area (Å²) in [5, 5.41) is 0. The number of nitrogens with zero attached hydrogens (tertiary/aromatic N) is 1. The second kappa shape index (κ2) is 5.98. The topological polar surface area (TPSA) is 92.5 Å². The van der Waals surface area contributed by atoms with Gasteiger partial charge in [0.25, 0.3) is 5.91 Å². The average molecular weight is 315 g/mol. The Bertz CT molecular complexity index is 628. The smallest absolute Gasteiger partial charge is 0.254 e. The van der Waals surface area contributed by atoms with Gasteiger partial charge in [0.05, 0.1) is 6.26 Å². The number of carbonyl (C=O) groups excluding carboxylic acids is 1. The summed E-state index contributed by atoms with van der Waals surface area (Å²) in [4.78, 5) is 13.9. The van der Waals surface area contributed by atoms with Crippen molar-refractivity contribution in [3.63, 3.8) is 0 Å². The number of anilines is 1. The lowest BCUT2D eigenvalue weighted by Crippen LogP contribution is -2.49. The van der Waals surface area contributed by atoms with Gasteiger partial charge in [-0.25, -0.2) is 17.5 Å². The fraction of sp³-hybridized carbons (Fsp3) is 0.462. The highest BCUT2D eigenvalue weighted by Gasteiger charge is 2.26. The lowest BCUT2D eigenvalue weighted by molar-refractivity contribution is 0.0702. The molecule has 21 heavy (non-hydrogen) atoms. The Morgan fingerprint density at radius 1 is 1.43 bits per heavy atom. The van der Waals surface area contributed by atoms with E-state index in [-0.39, 0.29) is 29.7 Å². The van der Waals surface area contributed by atoms with Crippen molar-refractivity contribution in [2.75, 3.05) is 25.1 Å². The molecule has 1 unspecified atom stereocenters. The Balaban J connectivity index is 2.12. The maximum absolute atomic E-state index is 13.3. The van der Waals surface area contributed by atoms with Crippen LogP contribution in [0.15, 0.2) is 18.2 Å². The number of hydrogen-bond acceptors (Lipinski definition) is 4. The third-order valence-electron chi connectivity index (χ3n) is 3.26. The first kappa shape index (κ1) is 15.7. The molecule has 116 valence electrons. The summed E-state index contributed by atoms with van der Waals surface area (Å²) in [7, 11) is -3.32. The quantitative estimate of drug-likeness (QED) is 0.797. The largest absolute Gasteiger partial charge is 0.399 e. The van der Waals surface area contributed by atoms with Crippen LogP contribution in [-0.2, 0) is 10.0 Å². The van der Waals surface area contributed by atoms with Crippen molar-refractivity contribution in [2.24, 2.45) is 0 Å². The Hall–Kier alpha value is -1.67. The number of rotatable bonds is 3. The number of nitrogens with one attached hydrogen (secondary N) is 1. The van der Waals surface area contributed by atoms with E-state index in [0.29, 0.717) is 19.4 Å². The molecule has 1 amide bonds. The molecule has 0 aliphatic carbocycles. The fourth-order valence-electron chi connectivity index (χ4n) is 2.48. The van der Waals surface area contributed by atoms with E-state index in [4.69, 9.17) is 5.73 Å². The van der Waals surface area contributed by atoms with Crippen LogP contribution in [0, 0.1) is 5.82 Å². The summed E-state index contributed by atoms with van der Waals surface area (Å²) in [6.07, 6.45) is 2.44. The van der Waals surface area contributed by atoms with Crippen LogP contribution in [0.5, 0.6) is 0 Å². The summed E-state index contributed by atoms with van der Waals surface area (Å²) in [5.74, 6) is -0.914. The minimum absolute atomic E-state index is 0.174. The van der Waals surface area contributed by atoms with E-state index in [1.807, 2.05) is 0 Å². The van der Waals surface area contributed by atoms with Crippen LogP contribution in [-0.4, -0.2) is 44.6 Å². The highest BCUT2D eigenvalue weighted by atomic mass is 32.2. The minimum atomic E-state index is -3.32. The molecule has 2 rings (SSSR count). The molecule has 0 saturated carbocycles. The standard InChI is InChI=1S/C13H18FN3O3S/c1-21(19,20)16-12-3-2-4-17(8-12)13(18)9-5-10(14)7-11(15)6-9/h5-7,12,16H,2-4,8,15H2,1H3. The molecule has 1 saturated heterocycles. The molecule has 1 aliphatic rings. The van der Waals surface area contributed by atoms with Gasteiger partial charge < -0.3 is 10.6 Å². The maximum Gasteiger partial charge on any atom is 0.254 e. The van der Waals surface area contributed by atoms with Crippen molar-refractivity contribution in [2.45, 2.75) is 18.9 Å². The Morgan fingerprint density at radius 3 is 2.76 bits per heavy atom. The Kier molecular flexibility index (Phi) is 4.48. The van der Waals surface area contributed by atoms with Gasteiger partial charge in [-0.2, -0.15) is 0 Å². The minimum Gasteiger partial charge on any atom is -0.399 e. The monoisotopic (exact) mass is 315 g/mol. The van der Waals surface area contributed by atoms with Gasteiger partial charge in [-0.3, -0.25) is 4.79 Å². The predicted octanol–water partition coefficient (Wildman–Crippen LogP) is 0.562. The van der Waals surface area contributed by atoms with Crippen molar-refractivity contribution in [1.82, 2.24) is 9.62 Å². The number of sulfonamides is 1. The summed E-state index contributed by atoms with van der Waals surface area (Å²) in [6.45, 7) is 0.777. The van der Waals surface area contributed by atoms with Gasteiger partial charge in [0.15, 0.2) is 0 Å². The zero-order chi connectivity index (χ0) is 15.6. The molecule has 1 atom stereocenters. The molecule has 0 radical (unpaired) electrons. The number of carbonyl (C=O) groups is 1. The molecule has 6 nitrogen and oxygen atoms in total. The van der Waals surface area contributed by atoms with E-state index < -0.39 is 15.8 Å². The molecule has 1 aromatic rings. The first-order valence-electron chi connectivity index (χ1n) is 6.57. The summed E-state index contributed by atoms with van der Waals surface area (Å²) < 4.78 is 38.3. The van der Waals surface area contributed by atoms with Crippen LogP contribution in [0.25, 0.3) is 0 Å². The number of benzene rings is 1. The Morgan fingerprint density at radius 2 is 2.14 bits per heavy atom. The number of halogens is 1. The van der Waals surface area contributed by atoms with Crippen LogP contribution in [0.2, 0.25) is 0 Å². The summed E-state index contributed by atoms with van der Waals surface area (Å²) in [5.41, 5.74) is 5.89. The van der Waals surface area contributed by atoms with Crippen LogP contribution < -0.4 is 10.5 Å². The molecule has 3 N–H and O–H groups in total. The molecule has 8 heteroatoms. The van der Waals surface area contributed by atoms with Gasteiger partial charge in [-0.15, -0.1) is 0 Å². The highest BCUT2D eigenvalue weighted by Crippen LogP contribution is 2.17. The van der Waals surface area contributed by atoms with Crippen molar-refractivity contribution < 1.29 is 17.6 Å². The number of amides is 1. The van der Waals surface area contributed by atoms with Gasteiger partial charge in [0.2, 0.25) is 10.0 Å². The molecule has 1 heterocycles. The zero-order valence-electron chi connectivity index (χ0n) is 11.7. The SMILES string of the molecule is CS(=O)(=O)NC1CCCN(C(=O)c2cc(N)cc(F)c2)C1. The predicted molar refractivity (Wildman–Crippen MR) is 77.7 cm³/mol. The van der Waals surface area contributed by atoms with Crippen molar-refractivity contribution in [1.29, 1.82) is 0 Å².